The first-order valence-electron chi connectivity index (χ1n) is 12.2. The maximum atomic E-state index is 13.4. The molecule has 1 aromatic carbocycles. The van der Waals surface area contributed by atoms with Crippen LogP contribution in [0.5, 0.6) is 0 Å². The fraction of sp³-hybridized carbons (Fsp3) is 0.640. The largest absolute Gasteiger partial charge is 0.354 e. The number of benzene rings is 1. The summed E-state index contributed by atoms with van der Waals surface area (Å²) >= 11 is 0. The highest BCUT2D eigenvalue weighted by Crippen LogP contribution is 2.31. The van der Waals surface area contributed by atoms with Crippen molar-refractivity contribution in [1.82, 2.24) is 15.1 Å². The summed E-state index contributed by atoms with van der Waals surface area (Å²) in [5.74, 6) is -0.462. The van der Waals surface area contributed by atoms with Gasteiger partial charge in [-0.2, -0.15) is 0 Å². The SMILES string of the molecule is CC(C)C[C@@H](C(=O)NCCc1ccccc1)N1C[C@@H]2O[C@H](C(=O)N3CCCCC3)[C@@H](O2)C1=O. The Morgan fingerprint density at radius 1 is 1.09 bits per heavy atom. The van der Waals surface area contributed by atoms with Crippen LogP contribution >= 0.6 is 0 Å². The average Bonchev–Trinajstić information content (AvgIpc) is 3.19. The number of likely N-dealkylation sites (tertiary alicyclic amines) is 1. The van der Waals surface area contributed by atoms with Crippen molar-refractivity contribution >= 4 is 17.7 Å². The van der Waals surface area contributed by atoms with Gasteiger partial charge in [0.1, 0.15) is 6.04 Å². The van der Waals surface area contributed by atoms with Crippen LogP contribution in [0.1, 0.15) is 45.1 Å². The summed E-state index contributed by atoms with van der Waals surface area (Å²) in [6, 6.07) is 9.35. The van der Waals surface area contributed by atoms with Crippen LogP contribution in [-0.2, 0) is 30.3 Å². The van der Waals surface area contributed by atoms with Gasteiger partial charge in [-0.05, 0) is 43.6 Å². The van der Waals surface area contributed by atoms with E-state index in [-0.39, 0.29) is 30.2 Å². The molecule has 3 aliphatic heterocycles. The number of piperidine rings is 1. The van der Waals surface area contributed by atoms with Gasteiger partial charge in [0, 0.05) is 19.6 Å². The molecule has 4 rings (SSSR count). The Labute approximate surface area is 195 Å². The van der Waals surface area contributed by atoms with Gasteiger partial charge in [-0.3, -0.25) is 14.4 Å². The van der Waals surface area contributed by atoms with Crippen molar-refractivity contribution in [3.63, 3.8) is 0 Å². The topological polar surface area (TPSA) is 88.2 Å². The van der Waals surface area contributed by atoms with Crippen LogP contribution in [0.4, 0.5) is 0 Å². The van der Waals surface area contributed by atoms with Crippen LogP contribution in [0.15, 0.2) is 30.3 Å². The Morgan fingerprint density at radius 3 is 2.52 bits per heavy atom. The second kappa shape index (κ2) is 10.7. The number of amides is 3. The molecule has 4 atom stereocenters. The monoisotopic (exact) mass is 457 g/mol. The summed E-state index contributed by atoms with van der Waals surface area (Å²) in [4.78, 5) is 42.9. The van der Waals surface area contributed by atoms with E-state index in [9.17, 15) is 14.4 Å². The molecule has 3 amide bonds. The molecule has 1 N–H and O–H groups in total. The Balaban J connectivity index is 1.41. The molecule has 8 nitrogen and oxygen atoms in total. The molecule has 33 heavy (non-hydrogen) atoms. The number of fused-ring (bicyclic) bond motifs is 2. The second-order valence-electron chi connectivity index (χ2n) is 9.59. The van der Waals surface area contributed by atoms with Crippen LogP contribution in [0.25, 0.3) is 0 Å². The zero-order valence-electron chi connectivity index (χ0n) is 19.6. The summed E-state index contributed by atoms with van der Waals surface area (Å²) < 4.78 is 11.6. The van der Waals surface area contributed by atoms with Crippen molar-refractivity contribution in [1.29, 1.82) is 0 Å². The van der Waals surface area contributed by atoms with E-state index in [4.69, 9.17) is 9.47 Å². The van der Waals surface area contributed by atoms with Gasteiger partial charge in [0.15, 0.2) is 18.5 Å². The van der Waals surface area contributed by atoms with Crippen LogP contribution in [-0.4, -0.2) is 78.2 Å². The van der Waals surface area contributed by atoms with E-state index in [1.165, 1.54) is 0 Å². The Bertz CT molecular complexity index is 840. The molecule has 3 saturated heterocycles. The van der Waals surface area contributed by atoms with E-state index >= 15 is 0 Å². The van der Waals surface area contributed by atoms with Crippen molar-refractivity contribution in [3.05, 3.63) is 35.9 Å². The van der Waals surface area contributed by atoms with Gasteiger partial charge >= 0.3 is 0 Å². The molecule has 0 aromatic heterocycles. The van der Waals surface area contributed by atoms with Crippen molar-refractivity contribution < 1.29 is 23.9 Å². The standard InChI is InChI=1S/C25H35N3O5/c1-17(2)15-19(23(29)26-12-11-18-9-5-3-6-10-18)28-16-20-32-21(22(33-20)25(28)31)24(30)27-13-7-4-8-14-27/h3,5-6,9-10,17,19-22H,4,7-8,11-16H2,1-2H3,(H,26,29)/t19-,20+,21-,22+/m0/s1. The van der Waals surface area contributed by atoms with Crippen molar-refractivity contribution in [2.24, 2.45) is 5.92 Å². The van der Waals surface area contributed by atoms with E-state index in [1.807, 2.05) is 44.2 Å². The first-order chi connectivity index (χ1) is 15.9. The highest BCUT2D eigenvalue weighted by Gasteiger charge is 2.54. The average molecular weight is 458 g/mol. The molecule has 3 fully saturated rings. The van der Waals surface area contributed by atoms with E-state index in [0.717, 1.165) is 31.2 Å². The van der Waals surface area contributed by atoms with Crippen molar-refractivity contribution in [2.45, 2.75) is 70.5 Å². The molecule has 2 bridgehead atoms. The zero-order chi connectivity index (χ0) is 23.4. The maximum absolute atomic E-state index is 13.4. The van der Waals surface area contributed by atoms with E-state index in [0.29, 0.717) is 26.1 Å². The van der Waals surface area contributed by atoms with Crippen molar-refractivity contribution in [3.8, 4) is 0 Å². The first kappa shape index (κ1) is 23.7. The molecule has 180 valence electrons. The molecule has 0 aliphatic carbocycles. The summed E-state index contributed by atoms with van der Waals surface area (Å²) in [7, 11) is 0. The van der Waals surface area contributed by atoms with Crippen LogP contribution in [0, 0.1) is 5.92 Å². The molecule has 8 heteroatoms. The highest BCUT2D eigenvalue weighted by molar-refractivity contribution is 5.95. The molecule has 0 spiro atoms. The number of morpholine rings is 1. The lowest BCUT2D eigenvalue weighted by Crippen LogP contribution is -2.59. The van der Waals surface area contributed by atoms with E-state index in [2.05, 4.69) is 5.32 Å². The third-order valence-electron chi connectivity index (χ3n) is 6.58. The minimum absolute atomic E-state index is 0.155. The number of rotatable bonds is 8. The summed E-state index contributed by atoms with van der Waals surface area (Å²) in [5, 5.41) is 3.00. The Hall–Kier alpha value is -2.45. The number of hydrogen-bond donors (Lipinski definition) is 1. The van der Waals surface area contributed by atoms with Gasteiger partial charge in [-0.25, -0.2) is 0 Å². The summed E-state index contributed by atoms with van der Waals surface area (Å²) in [6.07, 6.45) is 1.71. The molecule has 0 radical (unpaired) electrons. The molecule has 3 aliphatic rings. The predicted octanol–water partition coefficient (Wildman–Crippen LogP) is 1.72. The first-order valence-corrected chi connectivity index (χ1v) is 12.2. The number of ether oxygens (including phenoxy) is 2. The number of nitrogens with one attached hydrogen (secondary N) is 1. The third kappa shape index (κ3) is 5.55. The van der Waals surface area contributed by atoms with Crippen LogP contribution in [0.3, 0.4) is 0 Å². The lowest BCUT2D eigenvalue weighted by Gasteiger charge is -2.37. The molecular formula is C25H35N3O5. The van der Waals surface area contributed by atoms with Gasteiger partial charge in [-0.15, -0.1) is 0 Å². The third-order valence-corrected chi connectivity index (χ3v) is 6.58. The van der Waals surface area contributed by atoms with Crippen molar-refractivity contribution in [2.75, 3.05) is 26.2 Å². The second-order valence-corrected chi connectivity index (χ2v) is 9.59. The smallest absolute Gasteiger partial charge is 0.255 e. The summed E-state index contributed by atoms with van der Waals surface area (Å²) in [6.45, 7) is 6.09. The Morgan fingerprint density at radius 2 is 1.82 bits per heavy atom. The molecule has 0 saturated carbocycles. The van der Waals surface area contributed by atoms with Gasteiger partial charge in [0.05, 0.1) is 6.54 Å². The lowest BCUT2D eigenvalue weighted by molar-refractivity contribution is -0.169. The molecule has 0 unspecified atom stereocenters. The van der Waals surface area contributed by atoms with Gasteiger partial charge in [0.2, 0.25) is 5.91 Å². The summed E-state index contributed by atoms with van der Waals surface area (Å²) in [5.41, 5.74) is 1.14. The maximum Gasteiger partial charge on any atom is 0.255 e. The number of hydrogen-bond acceptors (Lipinski definition) is 5. The van der Waals surface area contributed by atoms with Gasteiger partial charge in [-0.1, -0.05) is 44.2 Å². The van der Waals surface area contributed by atoms with Crippen LogP contribution < -0.4 is 5.32 Å². The minimum Gasteiger partial charge on any atom is -0.354 e. The van der Waals surface area contributed by atoms with Gasteiger partial charge < -0.3 is 24.6 Å². The fourth-order valence-electron chi connectivity index (χ4n) is 4.87. The molecule has 3 heterocycles. The molecular weight excluding hydrogens is 422 g/mol. The highest BCUT2D eigenvalue weighted by atomic mass is 16.7. The normalized spacial score (nSPS) is 25.9. The number of nitrogens with zero attached hydrogens (tertiary/aromatic N) is 2. The predicted molar refractivity (Wildman–Crippen MR) is 122 cm³/mol. The minimum atomic E-state index is -0.982. The van der Waals surface area contributed by atoms with E-state index < -0.39 is 24.5 Å². The fourth-order valence-corrected chi connectivity index (χ4v) is 4.87. The molecule has 1 aromatic rings. The van der Waals surface area contributed by atoms with Crippen LogP contribution in [0.2, 0.25) is 0 Å². The van der Waals surface area contributed by atoms with E-state index in [1.54, 1.807) is 9.80 Å². The zero-order valence-corrected chi connectivity index (χ0v) is 19.6. The van der Waals surface area contributed by atoms with Gasteiger partial charge in [0.25, 0.3) is 11.8 Å². The number of carbonyl (C=O) groups excluding carboxylic acids is 3. The number of carbonyl (C=O) groups is 3. The Kier molecular flexibility index (Phi) is 7.65. The quantitative estimate of drug-likeness (QED) is 0.642. The lowest BCUT2D eigenvalue weighted by atomic mass is 9.99.